The summed E-state index contributed by atoms with van der Waals surface area (Å²) in [5.74, 6) is -0.824. The molecule has 0 rings (SSSR count). The number of carboxylic acid groups (broad SMARTS) is 1. The van der Waals surface area contributed by atoms with Crippen molar-refractivity contribution in [2.75, 3.05) is 0 Å². The molecule has 0 saturated carbocycles. The van der Waals surface area contributed by atoms with E-state index in [2.05, 4.69) is 6.58 Å². The molecule has 0 fully saturated rings. The number of hydrogen-bond donors (Lipinski definition) is 1. The van der Waals surface area contributed by atoms with Crippen molar-refractivity contribution in [2.45, 2.75) is 84.0 Å². The van der Waals surface area contributed by atoms with Crippen molar-refractivity contribution in [1.82, 2.24) is 0 Å². The number of hydrogen-bond acceptors (Lipinski definition) is 1. The van der Waals surface area contributed by atoms with Gasteiger partial charge < -0.3 is 5.11 Å². The van der Waals surface area contributed by atoms with E-state index in [-0.39, 0.29) is 0 Å². The minimum absolute atomic E-state index is 0.824. The van der Waals surface area contributed by atoms with E-state index in [9.17, 15) is 4.79 Å². The zero-order valence-electron chi connectivity index (χ0n) is 13.2. The second-order valence-electron chi connectivity index (χ2n) is 5.69. The fourth-order valence-corrected chi connectivity index (χ4v) is 2.39. The summed E-state index contributed by atoms with van der Waals surface area (Å²) in [6, 6.07) is 0. The van der Waals surface area contributed by atoms with Gasteiger partial charge in [-0.2, -0.15) is 0 Å². The van der Waals surface area contributed by atoms with Crippen LogP contribution in [-0.4, -0.2) is 11.1 Å². The number of carboxylic acids is 1. The first kappa shape index (κ1) is 18.9. The molecule has 116 valence electrons. The summed E-state index contributed by atoms with van der Waals surface area (Å²) in [6.07, 6.45) is 18.5. The van der Waals surface area contributed by atoms with Crippen LogP contribution in [0.1, 0.15) is 84.0 Å². The summed E-state index contributed by atoms with van der Waals surface area (Å²) in [5.41, 5.74) is 0.983. The Morgan fingerprint density at radius 2 is 1.35 bits per heavy atom. The van der Waals surface area contributed by atoms with Gasteiger partial charge in [-0.1, -0.05) is 63.0 Å². The molecule has 0 atom stereocenters. The first-order valence-electron chi connectivity index (χ1n) is 8.18. The van der Waals surface area contributed by atoms with E-state index < -0.39 is 5.97 Å². The van der Waals surface area contributed by atoms with Gasteiger partial charge in [0.2, 0.25) is 0 Å². The van der Waals surface area contributed by atoms with Crippen molar-refractivity contribution >= 4 is 5.97 Å². The van der Waals surface area contributed by atoms with Crippen LogP contribution in [0.3, 0.4) is 0 Å². The maximum atomic E-state index is 10.4. The molecule has 2 heteroatoms. The van der Waals surface area contributed by atoms with Crippen LogP contribution >= 0.6 is 0 Å². The summed E-state index contributed by atoms with van der Waals surface area (Å²) < 4.78 is 0. The molecule has 0 aliphatic heterocycles. The SMILES string of the molecule is C=CCCCCCCCCCCCCC(C)=CC(=O)O. The fraction of sp³-hybridized carbons (Fsp3) is 0.722. The highest BCUT2D eigenvalue weighted by atomic mass is 16.4. The Bertz CT molecular complexity index is 279. The maximum absolute atomic E-state index is 10.4. The summed E-state index contributed by atoms with van der Waals surface area (Å²) in [7, 11) is 0. The van der Waals surface area contributed by atoms with E-state index in [0.29, 0.717) is 0 Å². The molecule has 0 saturated heterocycles. The molecule has 0 bridgehead atoms. The molecule has 0 unspecified atom stereocenters. The highest BCUT2D eigenvalue weighted by Crippen LogP contribution is 2.13. The quantitative estimate of drug-likeness (QED) is 0.245. The number of aliphatic carboxylic acids is 1. The zero-order chi connectivity index (χ0) is 15.1. The molecule has 0 aliphatic carbocycles. The van der Waals surface area contributed by atoms with Crippen LogP contribution in [-0.2, 0) is 4.79 Å². The van der Waals surface area contributed by atoms with Gasteiger partial charge in [-0.3, -0.25) is 0 Å². The lowest BCUT2D eigenvalue weighted by Crippen LogP contribution is -1.90. The number of allylic oxidation sites excluding steroid dienone is 2. The van der Waals surface area contributed by atoms with Gasteiger partial charge in [-0.15, -0.1) is 6.58 Å². The first-order chi connectivity index (χ1) is 9.66. The lowest BCUT2D eigenvalue weighted by Gasteiger charge is -2.03. The number of unbranched alkanes of at least 4 members (excludes halogenated alkanes) is 10. The van der Waals surface area contributed by atoms with E-state index in [0.717, 1.165) is 24.8 Å². The van der Waals surface area contributed by atoms with Gasteiger partial charge in [0.1, 0.15) is 0 Å². The van der Waals surface area contributed by atoms with Crippen molar-refractivity contribution in [3.63, 3.8) is 0 Å². The molecule has 0 heterocycles. The van der Waals surface area contributed by atoms with Crippen LogP contribution < -0.4 is 0 Å². The molecule has 1 N–H and O–H groups in total. The highest BCUT2D eigenvalue weighted by molar-refractivity contribution is 5.80. The van der Waals surface area contributed by atoms with Crippen LogP contribution in [0.2, 0.25) is 0 Å². The Hall–Kier alpha value is -1.05. The molecule has 0 radical (unpaired) electrons. The van der Waals surface area contributed by atoms with Crippen LogP contribution in [0.15, 0.2) is 24.3 Å². The molecule has 0 amide bonds. The Balaban J connectivity index is 3.17. The van der Waals surface area contributed by atoms with Crippen molar-refractivity contribution in [3.05, 3.63) is 24.3 Å². The van der Waals surface area contributed by atoms with Gasteiger partial charge in [0.05, 0.1) is 0 Å². The molecule has 0 spiro atoms. The first-order valence-corrected chi connectivity index (χ1v) is 8.18. The predicted octanol–water partition coefficient (Wildman–Crippen LogP) is 5.88. The smallest absolute Gasteiger partial charge is 0.328 e. The normalized spacial score (nSPS) is 11.6. The summed E-state index contributed by atoms with van der Waals surface area (Å²) in [6.45, 7) is 5.64. The largest absolute Gasteiger partial charge is 0.478 e. The van der Waals surface area contributed by atoms with Crippen molar-refractivity contribution < 1.29 is 9.90 Å². The van der Waals surface area contributed by atoms with Gasteiger partial charge >= 0.3 is 5.97 Å². The van der Waals surface area contributed by atoms with Gasteiger partial charge in [0.15, 0.2) is 0 Å². The fourth-order valence-electron chi connectivity index (χ4n) is 2.39. The standard InChI is InChI=1S/C18H32O2/c1-3-4-5-6-7-8-9-10-11-12-13-14-15-17(2)16-18(19)20/h3,16H,1,4-15H2,2H3,(H,19,20). The maximum Gasteiger partial charge on any atom is 0.328 e. The summed E-state index contributed by atoms with van der Waals surface area (Å²) in [4.78, 5) is 10.4. The Kier molecular flexibility index (Phi) is 13.6. The molecule has 0 aromatic rings. The topological polar surface area (TPSA) is 37.3 Å². The third-order valence-corrected chi connectivity index (χ3v) is 3.60. The van der Waals surface area contributed by atoms with Crippen LogP contribution in [0, 0.1) is 0 Å². The molecule has 0 aromatic carbocycles. The van der Waals surface area contributed by atoms with Crippen molar-refractivity contribution in [2.24, 2.45) is 0 Å². The average Bonchev–Trinajstić information content (AvgIpc) is 2.39. The molecule has 0 aromatic heterocycles. The number of carbonyl (C=O) groups is 1. The summed E-state index contributed by atoms with van der Waals surface area (Å²) >= 11 is 0. The average molecular weight is 280 g/mol. The lowest BCUT2D eigenvalue weighted by molar-refractivity contribution is -0.131. The molecular weight excluding hydrogens is 248 g/mol. The van der Waals surface area contributed by atoms with E-state index in [1.165, 1.54) is 63.9 Å². The minimum Gasteiger partial charge on any atom is -0.478 e. The third-order valence-electron chi connectivity index (χ3n) is 3.60. The molecule has 0 aliphatic rings. The summed E-state index contributed by atoms with van der Waals surface area (Å²) in [5, 5.41) is 8.59. The van der Waals surface area contributed by atoms with E-state index in [1.807, 2.05) is 13.0 Å². The number of rotatable bonds is 14. The predicted molar refractivity (Wildman–Crippen MR) is 87.0 cm³/mol. The lowest BCUT2D eigenvalue weighted by atomic mass is 10.0. The van der Waals surface area contributed by atoms with Crippen LogP contribution in [0.5, 0.6) is 0 Å². The Morgan fingerprint density at radius 3 is 1.80 bits per heavy atom. The van der Waals surface area contributed by atoms with Crippen molar-refractivity contribution in [1.29, 1.82) is 0 Å². The van der Waals surface area contributed by atoms with E-state index in [1.54, 1.807) is 0 Å². The van der Waals surface area contributed by atoms with Crippen LogP contribution in [0.4, 0.5) is 0 Å². The van der Waals surface area contributed by atoms with E-state index >= 15 is 0 Å². The molecular formula is C18H32O2. The van der Waals surface area contributed by atoms with Gasteiger partial charge in [-0.05, 0) is 32.6 Å². The second kappa shape index (κ2) is 14.4. The second-order valence-corrected chi connectivity index (χ2v) is 5.69. The van der Waals surface area contributed by atoms with Crippen LogP contribution in [0.25, 0.3) is 0 Å². The Labute approximate surface area is 125 Å². The molecule has 20 heavy (non-hydrogen) atoms. The van der Waals surface area contributed by atoms with Crippen molar-refractivity contribution in [3.8, 4) is 0 Å². The zero-order valence-corrected chi connectivity index (χ0v) is 13.2. The monoisotopic (exact) mass is 280 g/mol. The minimum atomic E-state index is -0.824. The van der Waals surface area contributed by atoms with E-state index in [4.69, 9.17) is 5.11 Å². The van der Waals surface area contributed by atoms with Gasteiger partial charge in [0, 0.05) is 6.08 Å². The Morgan fingerprint density at radius 1 is 0.900 bits per heavy atom. The highest BCUT2D eigenvalue weighted by Gasteiger charge is 1.96. The molecule has 2 nitrogen and oxygen atoms in total. The van der Waals surface area contributed by atoms with Gasteiger partial charge in [-0.25, -0.2) is 4.79 Å². The van der Waals surface area contributed by atoms with Gasteiger partial charge in [0.25, 0.3) is 0 Å². The third kappa shape index (κ3) is 15.0.